The van der Waals surface area contributed by atoms with Crippen LogP contribution in [-0.2, 0) is 6.54 Å². The number of guanidine groups is 1. The molecule has 27 heavy (non-hydrogen) atoms. The van der Waals surface area contributed by atoms with Crippen LogP contribution in [0.1, 0.15) is 31.6 Å². The Morgan fingerprint density at radius 1 is 1.30 bits per heavy atom. The van der Waals surface area contributed by atoms with Gasteiger partial charge in [0.1, 0.15) is 0 Å². The molecule has 0 bridgehead atoms. The summed E-state index contributed by atoms with van der Waals surface area (Å²) in [5, 5.41) is 6.58. The van der Waals surface area contributed by atoms with Crippen molar-refractivity contribution in [2.45, 2.75) is 38.5 Å². The molecule has 0 aromatic carbocycles. The van der Waals surface area contributed by atoms with Gasteiger partial charge in [-0.3, -0.25) is 9.89 Å². The van der Waals surface area contributed by atoms with Gasteiger partial charge in [-0.1, -0.05) is 19.9 Å². The molecule has 3 rings (SSSR count). The van der Waals surface area contributed by atoms with E-state index in [-0.39, 0.29) is 24.0 Å². The van der Waals surface area contributed by atoms with E-state index >= 15 is 0 Å². The van der Waals surface area contributed by atoms with E-state index in [0.29, 0.717) is 0 Å². The van der Waals surface area contributed by atoms with Crippen molar-refractivity contribution in [3.63, 3.8) is 0 Å². The van der Waals surface area contributed by atoms with Gasteiger partial charge in [0, 0.05) is 49.1 Å². The van der Waals surface area contributed by atoms with Crippen molar-refractivity contribution in [1.82, 2.24) is 15.1 Å². The minimum absolute atomic E-state index is 0. The molecule has 1 atom stereocenters. The van der Waals surface area contributed by atoms with E-state index in [1.807, 2.05) is 18.4 Å². The van der Waals surface area contributed by atoms with Crippen molar-refractivity contribution in [2.75, 3.05) is 45.5 Å². The summed E-state index contributed by atoms with van der Waals surface area (Å²) in [6.07, 6.45) is 2.58. The fourth-order valence-corrected chi connectivity index (χ4v) is 5.86. The van der Waals surface area contributed by atoms with Crippen molar-refractivity contribution in [1.29, 1.82) is 0 Å². The fourth-order valence-electron chi connectivity index (χ4n) is 3.81. The van der Waals surface area contributed by atoms with E-state index in [1.54, 1.807) is 0 Å². The largest absolute Gasteiger partial charge is 0.356 e. The molecule has 0 saturated carbocycles. The number of piperidine rings is 1. The van der Waals surface area contributed by atoms with Crippen molar-refractivity contribution >= 4 is 53.0 Å². The second-order valence-corrected chi connectivity index (χ2v) is 10.2. The number of thioether (sulfide) groups is 1. The first-order valence-electron chi connectivity index (χ1n) is 9.97. The number of halogens is 1. The van der Waals surface area contributed by atoms with Gasteiger partial charge in [0.15, 0.2) is 5.96 Å². The van der Waals surface area contributed by atoms with Crippen LogP contribution in [0.15, 0.2) is 22.5 Å². The Labute approximate surface area is 190 Å². The first-order valence-corrected chi connectivity index (χ1v) is 11.9. The lowest BCUT2D eigenvalue weighted by Crippen LogP contribution is -2.50. The number of hydrogen-bond donors (Lipinski definition) is 1. The van der Waals surface area contributed by atoms with Crippen molar-refractivity contribution in [3.05, 3.63) is 22.4 Å². The number of nitrogens with one attached hydrogen (secondary N) is 1. The minimum Gasteiger partial charge on any atom is -0.356 e. The van der Waals surface area contributed by atoms with Crippen LogP contribution in [0.2, 0.25) is 0 Å². The summed E-state index contributed by atoms with van der Waals surface area (Å²) in [5.41, 5.74) is 0. The van der Waals surface area contributed by atoms with Gasteiger partial charge in [0.05, 0.1) is 0 Å². The van der Waals surface area contributed by atoms with Gasteiger partial charge >= 0.3 is 0 Å². The molecule has 0 amide bonds. The lowest BCUT2D eigenvalue weighted by atomic mass is 9.97. The predicted molar refractivity (Wildman–Crippen MR) is 132 cm³/mol. The second-order valence-electron chi connectivity index (χ2n) is 7.83. The maximum Gasteiger partial charge on any atom is 0.193 e. The molecule has 1 aromatic rings. The molecule has 0 spiro atoms. The van der Waals surface area contributed by atoms with Gasteiger partial charge in [-0.25, -0.2) is 0 Å². The topological polar surface area (TPSA) is 30.9 Å². The highest BCUT2D eigenvalue weighted by atomic mass is 127. The van der Waals surface area contributed by atoms with Gasteiger partial charge in [0.2, 0.25) is 0 Å². The van der Waals surface area contributed by atoms with E-state index in [4.69, 9.17) is 0 Å². The van der Waals surface area contributed by atoms with E-state index in [1.165, 1.54) is 36.6 Å². The molecule has 1 unspecified atom stereocenters. The van der Waals surface area contributed by atoms with Crippen LogP contribution in [0.25, 0.3) is 0 Å². The molecule has 2 aliphatic heterocycles. The highest BCUT2D eigenvalue weighted by Gasteiger charge is 2.26. The summed E-state index contributed by atoms with van der Waals surface area (Å²) >= 11 is 4.00. The molecule has 4 nitrogen and oxygen atoms in total. The summed E-state index contributed by atoms with van der Waals surface area (Å²) in [4.78, 5) is 11.1. The zero-order chi connectivity index (χ0) is 18.4. The quantitative estimate of drug-likeness (QED) is 0.357. The van der Waals surface area contributed by atoms with E-state index in [9.17, 15) is 0 Å². The molecule has 2 saturated heterocycles. The van der Waals surface area contributed by atoms with Crippen LogP contribution < -0.4 is 5.32 Å². The lowest BCUT2D eigenvalue weighted by molar-refractivity contribution is 0.179. The Morgan fingerprint density at radius 2 is 2.07 bits per heavy atom. The third-order valence-electron chi connectivity index (χ3n) is 5.56. The molecule has 0 aliphatic carbocycles. The lowest BCUT2D eigenvalue weighted by Gasteiger charge is -2.37. The van der Waals surface area contributed by atoms with E-state index in [2.05, 4.69) is 63.2 Å². The Morgan fingerprint density at radius 3 is 2.70 bits per heavy atom. The summed E-state index contributed by atoms with van der Waals surface area (Å²) in [6, 6.07) is 4.41. The minimum atomic E-state index is 0. The zero-order valence-electron chi connectivity index (χ0n) is 16.9. The number of hydrogen-bond acceptors (Lipinski definition) is 4. The number of thiophene rings is 1. The van der Waals surface area contributed by atoms with Crippen LogP contribution in [-0.4, -0.2) is 66.5 Å². The van der Waals surface area contributed by atoms with E-state index in [0.717, 1.165) is 49.2 Å². The number of nitrogens with zero attached hydrogens (tertiary/aromatic N) is 3. The first-order chi connectivity index (χ1) is 12.7. The highest BCUT2D eigenvalue weighted by molar-refractivity contribution is 14.0. The second kappa shape index (κ2) is 11.9. The van der Waals surface area contributed by atoms with Crippen molar-refractivity contribution in [2.24, 2.45) is 16.8 Å². The molecule has 3 heterocycles. The standard InChI is InChI=1S/C20H34N4S2.HI/c1-16(2)19-15-24(10-12-26-19)20(21-3)22-13-17-6-8-23(9-7-17)14-18-5-4-11-25-18;/h4-5,11,16-17,19H,6-10,12-15H2,1-3H3,(H,21,22);1H. The smallest absolute Gasteiger partial charge is 0.193 e. The van der Waals surface area contributed by atoms with Gasteiger partial charge in [-0.2, -0.15) is 11.8 Å². The molecular weight excluding hydrogens is 487 g/mol. The third kappa shape index (κ3) is 7.08. The van der Waals surface area contributed by atoms with Crippen LogP contribution in [0.5, 0.6) is 0 Å². The Bertz CT molecular complexity index is 556. The monoisotopic (exact) mass is 522 g/mol. The molecule has 2 fully saturated rings. The average molecular weight is 523 g/mol. The SMILES string of the molecule is CN=C(NCC1CCN(Cc2cccs2)CC1)N1CCSC(C(C)C)C1.I. The summed E-state index contributed by atoms with van der Waals surface area (Å²) in [7, 11) is 1.93. The number of rotatable bonds is 5. The Kier molecular flexibility index (Phi) is 10.2. The third-order valence-corrected chi connectivity index (χ3v) is 7.96. The number of aliphatic imine (C=N–C) groups is 1. The van der Waals surface area contributed by atoms with Gasteiger partial charge in [-0.05, 0) is 49.2 Å². The summed E-state index contributed by atoms with van der Waals surface area (Å²) in [5.74, 6) is 3.82. The number of likely N-dealkylation sites (tertiary alicyclic amines) is 1. The molecule has 2 aliphatic rings. The van der Waals surface area contributed by atoms with Gasteiger partial charge in [-0.15, -0.1) is 35.3 Å². The van der Waals surface area contributed by atoms with Crippen molar-refractivity contribution < 1.29 is 0 Å². The molecule has 1 N–H and O–H groups in total. The normalized spacial score (nSPS) is 22.7. The van der Waals surface area contributed by atoms with Gasteiger partial charge < -0.3 is 10.2 Å². The molecule has 7 heteroatoms. The van der Waals surface area contributed by atoms with E-state index < -0.39 is 0 Å². The van der Waals surface area contributed by atoms with Crippen molar-refractivity contribution in [3.8, 4) is 0 Å². The van der Waals surface area contributed by atoms with Crippen LogP contribution in [0.4, 0.5) is 0 Å². The summed E-state index contributed by atoms with van der Waals surface area (Å²) in [6.45, 7) is 11.5. The molecular formula is C20H35IN4S2. The van der Waals surface area contributed by atoms with Crippen LogP contribution >= 0.6 is 47.1 Å². The van der Waals surface area contributed by atoms with Crippen LogP contribution in [0, 0.1) is 11.8 Å². The average Bonchev–Trinajstić information content (AvgIpc) is 3.17. The zero-order valence-corrected chi connectivity index (χ0v) is 20.9. The fraction of sp³-hybridized carbons (Fsp3) is 0.750. The Hall–Kier alpha value is 0.01000. The predicted octanol–water partition coefficient (Wildman–Crippen LogP) is 4.23. The summed E-state index contributed by atoms with van der Waals surface area (Å²) < 4.78 is 0. The maximum absolute atomic E-state index is 4.57. The molecule has 1 aromatic heterocycles. The Balaban J connectivity index is 0.00000261. The first kappa shape index (κ1) is 23.3. The molecule has 154 valence electrons. The maximum atomic E-state index is 4.57. The van der Waals surface area contributed by atoms with Gasteiger partial charge in [0.25, 0.3) is 0 Å². The van der Waals surface area contributed by atoms with Crippen LogP contribution in [0.3, 0.4) is 0 Å². The highest BCUT2D eigenvalue weighted by Crippen LogP contribution is 2.25. The molecule has 0 radical (unpaired) electrons.